The quantitative estimate of drug-likeness (QED) is 0.589. The van der Waals surface area contributed by atoms with Gasteiger partial charge in [-0.3, -0.25) is 0 Å². The molecule has 1 nitrogen and oxygen atoms in total. The molecular formula is C11H20O. The van der Waals surface area contributed by atoms with Crippen molar-refractivity contribution in [3.63, 3.8) is 0 Å². The summed E-state index contributed by atoms with van der Waals surface area (Å²) >= 11 is 0. The lowest BCUT2D eigenvalue weighted by atomic mass is 9.80. The third-order valence-electron chi connectivity index (χ3n) is 3.83. The molecule has 0 radical (unpaired) electrons. The van der Waals surface area contributed by atoms with E-state index in [1.54, 1.807) is 0 Å². The van der Waals surface area contributed by atoms with Gasteiger partial charge in [0.25, 0.3) is 0 Å². The zero-order valence-electron chi connectivity index (χ0n) is 7.89. The van der Waals surface area contributed by atoms with Gasteiger partial charge in [-0.15, -0.1) is 0 Å². The summed E-state index contributed by atoms with van der Waals surface area (Å²) in [6.45, 7) is 0. The lowest BCUT2D eigenvalue weighted by Gasteiger charge is -2.32. The van der Waals surface area contributed by atoms with Gasteiger partial charge in [0.1, 0.15) is 0 Å². The molecule has 2 fully saturated rings. The average Bonchev–Trinajstić information content (AvgIpc) is 2.34. The first-order valence-electron chi connectivity index (χ1n) is 5.54. The third kappa shape index (κ3) is 1.52. The first-order chi connectivity index (χ1) is 5.81. The highest BCUT2D eigenvalue weighted by molar-refractivity contribution is 4.92. The molecule has 2 aliphatic rings. The molecule has 2 saturated carbocycles. The van der Waals surface area contributed by atoms with E-state index in [9.17, 15) is 5.11 Å². The predicted octanol–water partition coefficient (Wildman–Crippen LogP) is 2.87. The smallest absolute Gasteiger partial charge is 0.0675 e. The molecule has 12 heavy (non-hydrogen) atoms. The number of rotatable bonds is 0. The van der Waals surface area contributed by atoms with Crippen LogP contribution in [-0.4, -0.2) is 10.7 Å². The molecule has 1 heteroatoms. The minimum Gasteiger partial charge on any atom is -0.390 e. The van der Waals surface area contributed by atoms with E-state index in [4.69, 9.17) is 0 Å². The summed E-state index contributed by atoms with van der Waals surface area (Å²) in [5.41, 5.74) is -0.236. The van der Waals surface area contributed by atoms with Crippen LogP contribution in [0.15, 0.2) is 0 Å². The molecule has 0 aliphatic heterocycles. The summed E-state index contributed by atoms with van der Waals surface area (Å²) in [5, 5.41) is 10.3. The molecule has 2 aliphatic carbocycles. The Hall–Kier alpha value is -0.0400. The number of aliphatic hydroxyl groups is 1. The zero-order valence-corrected chi connectivity index (χ0v) is 7.89. The van der Waals surface area contributed by atoms with Crippen LogP contribution >= 0.6 is 0 Å². The summed E-state index contributed by atoms with van der Waals surface area (Å²) < 4.78 is 0. The van der Waals surface area contributed by atoms with Crippen molar-refractivity contribution in [2.75, 3.05) is 0 Å². The first kappa shape index (κ1) is 8.55. The Balaban J connectivity index is 2.02. The fourth-order valence-electron chi connectivity index (χ4n) is 3.04. The van der Waals surface area contributed by atoms with Gasteiger partial charge < -0.3 is 5.11 Å². The maximum absolute atomic E-state index is 10.3. The highest BCUT2D eigenvalue weighted by atomic mass is 16.3. The van der Waals surface area contributed by atoms with Crippen molar-refractivity contribution in [3.05, 3.63) is 0 Å². The lowest BCUT2D eigenvalue weighted by molar-refractivity contribution is -0.0154. The third-order valence-corrected chi connectivity index (χ3v) is 3.83. The second-order valence-electron chi connectivity index (χ2n) is 4.65. The molecule has 0 aromatic rings. The number of fused-ring (bicyclic) bond motifs is 1. The molecular weight excluding hydrogens is 148 g/mol. The summed E-state index contributed by atoms with van der Waals surface area (Å²) in [6, 6.07) is 0. The standard InChI is InChI=1S/C11H20O/c12-11-8-4-2-1-3-6-10(11)7-5-9-11/h10,12H,1-9H2. The van der Waals surface area contributed by atoms with E-state index < -0.39 is 0 Å². The van der Waals surface area contributed by atoms with E-state index in [-0.39, 0.29) is 5.60 Å². The van der Waals surface area contributed by atoms with Crippen molar-refractivity contribution in [1.82, 2.24) is 0 Å². The highest BCUT2D eigenvalue weighted by Gasteiger charge is 2.40. The summed E-state index contributed by atoms with van der Waals surface area (Å²) in [7, 11) is 0. The summed E-state index contributed by atoms with van der Waals surface area (Å²) in [5.74, 6) is 0.651. The largest absolute Gasteiger partial charge is 0.390 e. The normalized spacial score (nSPS) is 43.2. The zero-order chi connectivity index (χ0) is 8.44. The van der Waals surface area contributed by atoms with E-state index in [0.717, 1.165) is 12.8 Å². The molecule has 1 N–H and O–H groups in total. The van der Waals surface area contributed by atoms with Crippen molar-refractivity contribution in [1.29, 1.82) is 0 Å². The Kier molecular flexibility index (Phi) is 2.40. The first-order valence-corrected chi connectivity index (χ1v) is 5.54. The van der Waals surface area contributed by atoms with Crippen LogP contribution in [0.5, 0.6) is 0 Å². The second-order valence-corrected chi connectivity index (χ2v) is 4.65. The SMILES string of the molecule is OC12CCCCCCC1CCC2. The van der Waals surface area contributed by atoms with Gasteiger partial charge in [-0.25, -0.2) is 0 Å². The van der Waals surface area contributed by atoms with Gasteiger partial charge in [0.15, 0.2) is 0 Å². The topological polar surface area (TPSA) is 20.2 Å². The highest BCUT2D eigenvalue weighted by Crippen LogP contribution is 2.43. The van der Waals surface area contributed by atoms with Crippen molar-refractivity contribution >= 4 is 0 Å². The van der Waals surface area contributed by atoms with E-state index in [1.165, 1.54) is 44.9 Å². The molecule has 70 valence electrons. The molecule has 0 heterocycles. The van der Waals surface area contributed by atoms with Crippen LogP contribution in [0.1, 0.15) is 57.8 Å². The molecule has 0 amide bonds. The fraction of sp³-hybridized carbons (Fsp3) is 1.00. The maximum Gasteiger partial charge on any atom is 0.0675 e. The molecule has 2 atom stereocenters. The van der Waals surface area contributed by atoms with E-state index >= 15 is 0 Å². The Morgan fingerprint density at radius 1 is 0.833 bits per heavy atom. The Labute approximate surface area is 75.2 Å². The van der Waals surface area contributed by atoms with Crippen LogP contribution < -0.4 is 0 Å². The van der Waals surface area contributed by atoms with Crippen LogP contribution in [0.3, 0.4) is 0 Å². The van der Waals surface area contributed by atoms with Crippen LogP contribution in [0.25, 0.3) is 0 Å². The van der Waals surface area contributed by atoms with Crippen LogP contribution in [0.4, 0.5) is 0 Å². The molecule has 0 spiro atoms. The molecule has 2 unspecified atom stereocenters. The monoisotopic (exact) mass is 168 g/mol. The van der Waals surface area contributed by atoms with Crippen molar-refractivity contribution < 1.29 is 5.11 Å². The van der Waals surface area contributed by atoms with E-state index in [2.05, 4.69) is 0 Å². The van der Waals surface area contributed by atoms with Gasteiger partial charge in [0, 0.05) is 0 Å². The van der Waals surface area contributed by atoms with Gasteiger partial charge in [-0.1, -0.05) is 32.1 Å². The van der Waals surface area contributed by atoms with Crippen molar-refractivity contribution in [2.45, 2.75) is 63.4 Å². The Bertz CT molecular complexity index is 155. The Morgan fingerprint density at radius 2 is 1.50 bits per heavy atom. The maximum atomic E-state index is 10.3. The van der Waals surface area contributed by atoms with Gasteiger partial charge in [0.05, 0.1) is 5.60 Å². The fourth-order valence-corrected chi connectivity index (χ4v) is 3.04. The van der Waals surface area contributed by atoms with Gasteiger partial charge >= 0.3 is 0 Å². The van der Waals surface area contributed by atoms with Crippen molar-refractivity contribution in [2.24, 2.45) is 5.92 Å². The molecule has 0 aromatic carbocycles. The molecule has 0 bridgehead atoms. The predicted molar refractivity (Wildman–Crippen MR) is 50.0 cm³/mol. The van der Waals surface area contributed by atoms with Crippen LogP contribution in [0.2, 0.25) is 0 Å². The molecule has 2 rings (SSSR count). The summed E-state index contributed by atoms with van der Waals surface area (Å²) in [4.78, 5) is 0. The Morgan fingerprint density at radius 3 is 2.42 bits per heavy atom. The minimum atomic E-state index is -0.236. The van der Waals surface area contributed by atoms with Gasteiger partial charge in [-0.05, 0) is 31.6 Å². The van der Waals surface area contributed by atoms with Crippen LogP contribution in [0, 0.1) is 5.92 Å². The van der Waals surface area contributed by atoms with Crippen molar-refractivity contribution in [3.8, 4) is 0 Å². The number of hydrogen-bond donors (Lipinski definition) is 1. The van der Waals surface area contributed by atoms with Crippen LogP contribution in [-0.2, 0) is 0 Å². The van der Waals surface area contributed by atoms with E-state index in [0.29, 0.717) is 5.92 Å². The number of hydrogen-bond acceptors (Lipinski definition) is 1. The second kappa shape index (κ2) is 3.37. The molecule has 0 aromatic heterocycles. The summed E-state index contributed by atoms with van der Waals surface area (Å²) in [6.07, 6.45) is 11.4. The lowest BCUT2D eigenvalue weighted by Crippen LogP contribution is -2.33. The average molecular weight is 168 g/mol. The van der Waals surface area contributed by atoms with Gasteiger partial charge in [-0.2, -0.15) is 0 Å². The van der Waals surface area contributed by atoms with Gasteiger partial charge in [0.2, 0.25) is 0 Å². The molecule has 0 saturated heterocycles. The van der Waals surface area contributed by atoms with E-state index in [1.807, 2.05) is 0 Å². The minimum absolute atomic E-state index is 0.236.